The molecule has 1 aliphatic rings. The second-order valence-electron chi connectivity index (χ2n) is 4.18. The Morgan fingerprint density at radius 1 is 1.46 bits per heavy atom. The first kappa shape index (κ1) is 11.0. The lowest BCUT2D eigenvalue weighted by atomic mass is 9.85. The minimum absolute atomic E-state index is 0.288. The van der Waals surface area contributed by atoms with Crippen molar-refractivity contribution in [3.63, 3.8) is 0 Å². The topological polar surface area (TPSA) is 29.5 Å². The highest BCUT2D eigenvalue weighted by Gasteiger charge is 2.33. The zero-order valence-electron chi connectivity index (χ0n) is 8.88. The number of rotatable bonds is 4. The average Bonchev–Trinajstić information content (AvgIpc) is 2.15. The van der Waals surface area contributed by atoms with E-state index in [0.717, 1.165) is 38.7 Å². The Morgan fingerprint density at radius 3 is 2.85 bits per heavy atom. The fraction of sp³-hybridized carbons (Fsp3) is 1.00. The van der Waals surface area contributed by atoms with Crippen molar-refractivity contribution in [1.82, 2.24) is 0 Å². The molecule has 1 fully saturated rings. The molecular weight excluding hydrogens is 164 g/mol. The van der Waals surface area contributed by atoms with E-state index >= 15 is 0 Å². The Morgan fingerprint density at radius 2 is 2.23 bits per heavy atom. The summed E-state index contributed by atoms with van der Waals surface area (Å²) in [6.45, 7) is 5.02. The van der Waals surface area contributed by atoms with E-state index in [1.165, 1.54) is 6.42 Å². The van der Waals surface area contributed by atoms with Crippen molar-refractivity contribution in [2.45, 2.75) is 64.1 Å². The van der Waals surface area contributed by atoms with Crippen molar-refractivity contribution < 1.29 is 9.84 Å². The Kier molecular flexibility index (Phi) is 4.20. The van der Waals surface area contributed by atoms with E-state index in [1.54, 1.807) is 0 Å². The molecule has 2 unspecified atom stereocenters. The van der Waals surface area contributed by atoms with Crippen LogP contribution in [0.3, 0.4) is 0 Å². The third-order valence-electron chi connectivity index (χ3n) is 2.98. The molecule has 0 aromatic heterocycles. The molecule has 0 amide bonds. The van der Waals surface area contributed by atoms with Crippen LogP contribution in [-0.2, 0) is 4.74 Å². The number of unbranched alkanes of at least 4 members (excludes halogenated alkanes) is 1. The zero-order chi connectivity index (χ0) is 9.73. The quantitative estimate of drug-likeness (QED) is 0.731. The lowest BCUT2D eigenvalue weighted by Gasteiger charge is -2.36. The van der Waals surface area contributed by atoms with Gasteiger partial charge in [-0.1, -0.05) is 26.7 Å². The molecule has 1 saturated heterocycles. The maximum absolute atomic E-state index is 10.2. The fourth-order valence-corrected chi connectivity index (χ4v) is 2.00. The van der Waals surface area contributed by atoms with E-state index in [4.69, 9.17) is 4.74 Å². The van der Waals surface area contributed by atoms with E-state index in [9.17, 15) is 5.11 Å². The monoisotopic (exact) mass is 186 g/mol. The lowest BCUT2D eigenvalue weighted by Crippen LogP contribution is -2.40. The van der Waals surface area contributed by atoms with Gasteiger partial charge in [0.1, 0.15) is 0 Å². The third-order valence-corrected chi connectivity index (χ3v) is 2.98. The first-order chi connectivity index (χ1) is 6.20. The molecule has 0 bridgehead atoms. The smallest absolute Gasteiger partial charge is 0.0694 e. The Balaban J connectivity index is 2.37. The van der Waals surface area contributed by atoms with Crippen LogP contribution in [0.5, 0.6) is 0 Å². The number of aliphatic hydroxyl groups is 1. The number of ether oxygens (including phenoxy) is 1. The molecule has 0 saturated carbocycles. The van der Waals surface area contributed by atoms with Crippen LogP contribution in [0.1, 0.15) is 52.4 Å². The van der Waals surface area contributed by atoms with Gasteiger partial charge in [0.2, 0.25) is 0 Å². The second kappa shape index (κ2) is 4.97. The molecule has 0 aromatic carbocycles. The second-order valence-corrected chi connectivity index (χ2v) is 4.18. The molecule has 78 valence electrons. The van der Waals surface area contributed by atoms with Gasteiger partial charge in [0.05, 0.1) is 11.7 Å². The fourth-order valence-electron chi connectivity index (χ4n) is 2.00. The minimum Gasteiger partial charge on any atom is -0.390 e. The minimum atomic E-state index is -0.422. The van der Waals surface area contributed by atoms with Gasteiger partial charge in [-0.25, -0.2) is 0 Å². The van der Waals surface area contributed by atoms with Crippen molar-refractivity contribution in [3.05, 3.63) is 0 Å². The summed E-state index contributed by atoms with van der Waals surface area (Å²) in [7, 11) is 0. The van der Waals surface area contributed by atoms with Gasteiger partial charge in [-0.15, -0.1) is 0 Å². The van der Waals surface area contributed by atoms with Crippen molar-refractivity contribution in [2.75, 3.05) is 6.61 Å². The maximum Gasteiger partial charge on any atom is 0.0694 e. The predicted molar refractivity (Wildman–Crippen MR) is 53.7 cm³/mol. The van der Waals surface area contributed by atoms with E-state index in [1.807, 2.05) is 0 Å². The highest BCUT2D eigenvalue weighted by molar-refractivity contribution is 4.85. The average molecular weight is 186 g/mol. The normalized spacial score (nSPS) is 34.8. The van der Waals surface area contributed by atoms with Gasteiger partial charge in [-0.3, -0.25) is 0 Å². The Hall–Kier alpha value is -0.0800. The van der Waals surface area contributed by atoms with Crippen LogP contribution in [0.15, 0.2) is 0 Å². The van der Waals surface area contributed by atoms with Gasteiger partial charge in [0.25, 0.3) is 0 Å². The van der Waals surface area contributed by atoms with E-state index in [2.05, 4.69) is 13.8 Å². The molecule has 0 radical (unpaired) electrons. The Bertz CT molecular complexity index is 147. The molecule has 2 heteroatoms. The summed E-state index contributed by atoms with van der Waals surface area (Å²) in [6.07, 6.45) is 6.22. The highest BCUT2D eigenvalue weighted by atomic mass is 16.5. The molecule has 1 aliphatic heterocycles. The molecule has 2 nitrogen and oxygen atoms in total. The van der Waals surface area contributed by atoms with Crippen LogP contribution in [0, 0.1) is 0 Å². The number of hydrogen-bond donors (Lipinski definition) is 1. The molecule has 0 aromatic rings. The SMILES string of the molecule is CCCCC1(O)CCOC(CC)C1. The van der Waals surface area contributed by atoms with Crippen LogP contribution >= 0.6 is 0 Å². The van der Waals surface area contributed by atoms with Gasteiger partial charge >= 0.3 is 0 Å². The molecule has 2 atom stereocenters. The number of hydrogen-bond acceptors (Lipinski definition) is 2. The van der Waals surface area contributed by atoms with Gasteiger partial charge < -0.3 is 9.84 Å². The summed E-state index contributed by atoms with van der Waals surface area (Å²) in [6, 6.07) is 0. The largest absolute Gasteiger partial charge is 0.390 e. The van der Waals surface area contributed by atoms with Crippen molar-refractivity contribution >= 4 is 0 Å². The summed E-state index contributed by atoms with van der Waals surface area (Å²) >= 11 is 0. The van der Waals surface area contributed by atoms with Crippen molar-refractivity contribution in [1.29, 1.82) is 0 Å². The van der Waals surface area contributed by atoms with E-state index in [0.29, 0.717) is 0 Å². The highest BCUT2D eigenvalue weighted by Crippen LogP contribution is 2.30. The zero-order valence-corrected chi connectivity index (χ0v) is 8.88. The van der Waals surface area contributed by atoms with Crippen LogP contribution < -0.4 is 0 Å². The molecule has 1 rings (SSSR count). The van der Waals surface area contributed by atoms with Crippen LogP contribution in [-0.4, -0.2) is 23.4 Å². The van der Waals surface area contributed by atoms with Gasteiger partial charge in [0, 0.05) is 13.0 Å². The molecule has 1 heterocycles. The van der Waals surface area contributed by atoms with Gasteiger partial charge in [-0.05, 0) is 19.3 Å². The van der Waals surface area contributed by atoms with Gasteiger partial charge in [0.15, 0.2) is 0 Å². The summed E-state index contributed by atoms with van der Waals surface area (Å²) in [5.74, 6) is 0. The van der Waals surface area contributed by atoms with Crippen LogP contribution in [0.4, 0.5) is 0 Å². The van der Waals surface area contributed by atoms with Crippen molar-refractivity contribution in [3.8, 4) is 0 Å². The summed E-state index contributed by atoms with van der Waals surface area (Å²) in [4.78, 5) is 0. The molecule has 13 heavy (non-hydrogen) atoms. The van der Waals surface area contributed by atoms with Crippen LogP contribution in [0.2, 0.25) is 0 Å². The summed E-state index contributed by atoms with van der Waals surface area (Å²) in [5.41, 5.74) is -0.422. The van der Waals surface area contributed by atoms with Crippen molar-refractivity contribution in [2.24, 2.45) is 0 Å². The standard InChI is InChI=1S/C11H22O2/c1-3-5-6-11(12)7-8-13-10(4-2)9-11/h10,12H,3-9H2,1-2H3. The van der Waals surface area contributed by atoms with Crippen LogP contribution in [0.25, 0.3) is 0 Å². The Labute approximate surface area is 81.3 Å². The predicted octanol–water partition coefficient (Wildman–Crippen LogP) is 2.50. The molecule has 1 N–H and O–H groups in total. The molecule has 0 aliphatic carbocycles. The first-order valence-corrected chi connectivity index (χ1v) is 5.54. The summed E-state index contributed by atoms with van der Waals surface area (Å²) < 4.78 is 5.54. The van der Waals surface area contributed by atoms with Gasteiger partial charge in [-0.2, -0.15) is 0 Å². The van der Waals surface area contributed by atoms with E-state index < -0.39 is 5.60 Å². The first-order valence-electron chi connectivity index (χ1n) is 5.54. The lowest BCUT2D eigenvalue weighted by molar-refractivity contribution is -0.108. The molecular formula is C11H22O2. The van der Waals surface area contributed by atoms with E-state index in [-0.39, 0.29) is 6.10 Å². The molecule has 0 spiro atoms. The summed E-state index contributed by atoms with van der Waals surface area (Å²) in [5, 5.41) is 10.2. The maximum atomic E-state index is 10.2. The third kappa shape index (κ3) is 3.28.